The smallest absolute Gasteiger partial charge is 0.255 e. The Balaban J connectivity index is 1.91. The van der Waals surface area contributed by atoms with Crippen molar-refractivity contribution in [2.45, 2.75) is 44.6 Å². The fourth-order valence-corrected chi connectivity index (χ4v) is 3.84. The highest BCUT2D eigenvalue weighted by molar-refractivity contribution is 5.92. The number of hydrogen-bond acceptors (Lipinski definition) is 3. The molecule has 1 atom stereocenters. The fraction of sp³-hybridized carbons (Fsp3) is 0.333. The van der Waals surface area contributed by atoms with Crippen molar-refractivity contribution in [3.8, 4) is 0 Å². The summed E-state index contributed by atoms with van der Waals surface area (Å²) in [4.78, 5) is 26.2. The first-order valence-corrected chi connectivity index (χ1v) is 9.00. The van der Waals surface area contributed by atoms with Gasteiger partial charge in [0.2, 0.25) is 5.91 Å². The minimum absolute atomic E-state index is 0.0392. The van der Waals surface area contributed by atoms with E-state index in [1.165, 1.54) is 0 Å². The van der Waals surface area contributed by atoms with Crippen molar-refractivity contribution in [1.82, 2.24) is 5.48 Å². The fourth-order valence-electron chi connectivity index (χ4n) is 3.84. The third-order valence-corrected chi connectivity index (χ3v) is 5.04. The number of benzene rings is 2. The molecule has 5 nitrogen and oxygen atoms in total. The topological polar surface area (TPSA) is 69.6 Å². The number of rotatable bonds is 5. The molecule has 2 N–H and O–H groups in total. The Morgan fingerprint density at radius 1 is 1.00 bits per heavy atom. The summed E-state index contributed by atoms with van der Waals surface area (Å²) in [6.45, 7) is 1.60. The van der Waals surface area contributed by atoms with E-state index >= 15 is 0 Å². The molecule has 3 rings (SSSR count). The van der Waals surface area contributed by atoms with Crippen molar-refractivity contribution in [2.24, 2.45) is 0 Å². The quantitative estimate of drug-likeness (QED) is 0.638. The molecule has 26 heavy (non-hydrogen) atoms. The van der Waals surface area contributed by atoms with Crippen LogP contribution in [0.5, 0.6) is 0 Å². The van der Waals surface area contributed by atoms with Gasteiger partial charge in [-0.15, -0.1) is 0 Å². The number of amides is 2. The lowest BCUT2D eigenvalue weighted by molar-refractivity contribution is -0.129. The maximum absolute atomic E-state index is 12.2. The Morgan fingerprint density at radius 3 is 2.12 bits per heavy atom. The monoisotopic (exact) mass is 352 g/mol. The SMILES string of the molecule is CC(=O)N(c1ccc(C(C(=O)NO)c2ccccc2)cc1)C1CCCC1. The second-order valence-corrected chi connectivity index (χ2v) is 6.74. The van der Waals surface area contributed by atoms with E-state index in [1.54, 1.807) is 12.4 Å². The molecule has 2 aromatic carbocycles. The van der Waals surface area contributed by atoms with Crippen LogP contribution in [0.3, 0.4) is 0 Å². The second kappa shape index (κ2) is 8.15. The Kier molecular flexibility index (Phi) is 5.68. The Hall–Kier alpha value is -2.66. The molecule has 0 aliphatic heterocycles. The Labute approximate surface area is 153 Å². The molecule has 0 bridgehead atoms. The molecule has 1 aliphatic carbocycles. The van der Waals surface area contributed by atoms with Gasteiger partial charge >= 0.3 is 0 Å². The van der Waals surface area contributed by atoms with Crippen LogP contribution >= 0.6 is 0 Å². The maximum atomic E-state index is 12.2. The molecule has 0 aromatic heterocycles. The van der Waals surface area contributed by atoms with Crippen LogP contribution in [-0.4, -0.2) is 23.1 Å². The molecular formula is C21H24N2O3. The molecule has 5 heteroatoms. The van der Waals surface area contributed by atoms with Gasteiger partial charge in [0.1, 0.15) is 0 Å². The summed E-state index contributed by atoms with van der Waals surface area (Å²) in [6.07, 6.45) is 4.36. The number of hydroxylamine groups is 1. The van der Waals surface area contributed by atoms with E-state index < -0.39 is 11.8 Å². The van der Waals surface area contributed by atoms with Crippen molar-refractivity contribution in [3.63, 3.8) is 0 Å². The Bertz CT molecular complexity index is 753. The molecule has 0 radical (unpaired) electrons. The zero-order chi connectivity index (χ0) is 18.5. The predicted molar refractivity (Wildman–Crippen MR) is 100 cm³/mol. The normalized spacial score (nSPS) is 15.5. The lowest BCUT2D eigenvalue weighted by Crippen LogP contribution is -2.37. The lowest BCUT2D eigenvalue weighted by atomic mass is 9.90. The molecular weight excluding hydrogens is 328 g/mol. The summed E-state index contributed by atoms with van der Waals surface area (Å²) in [5, 5.41) is 9.13. The first-order valence-electron chi connectivity index (χ1n) is 9.00. The van der Waals surface area contributed by atoms with Crippen molar-refractivity contribution in [1.29, 1.82) is 0 Å². The van der Waals surface area contributed by atoms with E-state index in [0.29, 0.717) is 0 Å². The van der Waals surface area contributed by atoms with Crippen LogP contribution in [0.15, 0.2) is 54.6 Å². The third kappa shape index (κ3) is 3.78. The van der Waals surface area contributed by atoms with Gasteiger partial charge in [-0.2, -0.15) is 0 Å². The van der Waals surface area contributed by atoms with E-state index in [4.69, 9.17) is 5.21 Å². The number of carbonyl (C=O) groups is 2. The van der Waals surface area contributed by atoms with Crippen LogP contribution in [0.2, 0.25) is 0 Å². The molecule has 0 spiro atoms. The first-order chi connectivity index (χ1) is 12.6. The zero-order valence-electron chi connectivity index (χ0n) is 14.9. The van der Waals surface area contributed by atoms with E-state index in [1.807, 2.05) is 59.5 Å². The molecule has 1 saturated carbocycles. The summed E-state index contributed by atoms with van der Waals surface area (Å²) in [6, 6.07) is 17.0. The van der Waals surface area contributed by atoms with Crippen LogP contribution in [0.1, 0.15) is 49.7 Å². The molecule has 1 unspecified atom stereocenters. The highest BCUT2D eigenvalue weighted by Gasteiger charge is 2.27. The number of nitrogens with zero attached hydrogens (tertiary/aromatic N) is 1. The van der Waals surface area contributed by atoms with Gasteiger partial charge in [-0.1, -0.05) is 55.3 Å². The van der Waals surface area contributed by atoms with Gasteiger partial charge in [0.15, 0.2) is 0 Å². The van der Waals surface area contributed by atoms with Crippen LogP contribution in [0.4, 0.5) is 5.69 Å². The van der Waals surface area contributed by atoms with Crippen LogP contribution in [0, 0.1) is 0 Å². The molecule has 136 valence electrons. The van der Waals surface area contributed by atoms with Gasteiger partial charge in [0.05, 0.1) is 5.92 Å². The van der Waals surface area contributed by atoms with Gasteiger partial charge < -0.3 is 4.90 Å². The van der Waals surface area contributed by atoms with E-state index in [2.05, 4.69) is 0 Å². The van der Waals surface area contributed by atoms with Crippen molar-refractivity contribution >= 4 is 17.5 Å². The van der Waals surface area contributed by atoms with Crippen molar-refractivity contribution in [2.75, 3.05) is 4.90 Å². The summed E-state index contributed by atoms with van der Waals surface area (Å²) >= 11 is 0. The van der Waals surface area contributed by atoms with E-state index in [0.717, 1.165) is 42.5 Å². The van der Waals surface area contributed by atoms with Crippen LogP contribution < -0.4 is 10.4 Å². The standard InChI is InChI=1S/C21H24N2O3/c1-15(24)23(18-9-5-6-10-18)19-13-11-17(12-14-19)20(21(25)22-26)16-7-3-2-4-8-16/h2-4,7-8,11-14,18,20,26H,5-6,9-10H2,1H3,(H,22,25). The van der Waals surface area contributed by atoms with E-state index in [-0.39, 0.29) is 11.9 Å². The minimum atomic E-state index is -0.604. The first kappa shape index (κ1) is 18.1. The molecule has 0 heterocycles. The summed E-state index contributed by atoms with van der Waals surface area (Å²) in [5.74, 6) is -1.05. The molecule has 2 aromatic rings. The zero-order valence-corrected chi connectivity index (χ0v) is 14.9. The van der Waals surface area contributed by atoms with Gasteiger partial charge in [-0.3, -0.25) is 14.8 Å². The number of anilines is 1. The molecule has 1 fully saturated rings. The molecule has 0 saturated heterocycles. The highest BCUT2D eigenvalue weighted by Crippen LogP contribution is 2.31. The summed E-state index contributed by atoms with van der Waals surface area (Å²) in [5.41, 5.74) is 4.17. The van der Waals surface area contributed by atoms with Crippen LogP contribution in [0.25, 0.3) is 0 Å². The third-order valence-electron chi connectivity index (χ3n) is 5.04. The van der Waals surface area contributed by atoms with Gasteiger partial charge in [0.25, 0.3) is 5.91 Å². The average molecular weight is 352 g/mol. The summed E-state index contributed by atoms with van der Waals surface area (Å²) < 4.78 is 0. The maximum Gasteiger partial charge on any atom is 0.255 e. The second-order valence-electron chi connectivity index (χ2n) is 6.74. The van der Waals surface area contributed by atoms with Gasteiger partial charge in [0, 0.05) is 18.7 Å². The van der Waals surface area contributed by atoms with Crippen molar-refractivity contribution < 1.29 is 14.8 Å². The van der Waals surface area contributed by atoms with E-state index in [9.17, 15) is 9.59 Å². The highest BCUT2D eigenvalue weighted by atomic mass is 16.5. The number of carbonyl (C=O) groups excluding carboxylic acids is 2. The minimum Gasteiger partial charge on any atom is -0.310 e. The van der Waals surface area contributed by atoms with Gasteiger partial charge in [-0.25, -0.2) is 5.48 Å². The lowest BCUT2D eigenvalue weighted by Gasteiger charge is -2.28. The predicted octanol–water partition coefficient (Wildman–Crippen LogP) is 3.62. The largest absolute Gasteiger partial charge is 0.310 e. The molecule has 2 amide bonds. The summed E-state index contributed by atoms with van der Waals surface area (Å²) in [7, 11) is 0. The average Bonchev–Trinajstić information content (AvgIpc) is 3.18. The van der Waals surface area contributed by atoms with Crippen molar-refractivity contribution in [3.05, 3.63) is 65.7 Å². The molecule has 1 aliphatic rings. The Morgan fingerprint density at radius 2 is 1.58 bits per heavy atom. The van der Waals surface area contributed by atoms with Gasteiger partial charge in [-0.05, 0) is 36.1 Å². The number of nitrogens with one attached hydrogen (secondary N) is 1. The number of hydrogen-bond donors (Lipinski definition) is 2. The van der Waals surface area contributed by atoms with Crippen LogP contribution in [-0.2, 0) is 9.59 Å².